The Morgan fingerprint density at radius 2 is 1.94 bits per heavy atom. The normalized spacial score (nSPS) is 10.3. The van der Waals surface area contributed by atoms with Crippen molar-refractivity contribution in [2.75, 3.05) is 5.73 Å². The van der Waals surface area contributed by atoms with E-state index >= 15 is 0 Å². The fourth-order valence-corrected chi connectivity index (χ4v) is 1.79. The predicted octanol–water partition coefficient (Wildman–Crippen LogP) is 4.62. The number of hydrogen-bond acceptors (Lipinski definition) is 2. The van der Waals surface area contributed by atoms with Gasteiger partial charge in [-0.2, -0.15) is 0 Å². The average Bonchev–Trinajstić information content (AvgIpc) is 2.30. The van der Waals surface area contributed by atoms with Gasteiger partial charge >= 0.3 is 0 Å². The standard InChI is InChI=1S/C12H8BrClFNO/c13-7-4-5-9(15)11(6-7)17-10-3-1-2-8(14)12(10)16/h1-6H,16H2. The van der Waals surface area contributed by atoms with E-state index in [0.29, 0.717) is 10.8 Å². The van der Waals surface area contributed by atoms with Crippen molar-refractivity contribution in [3.05, 3.63) is 51.7 Å². The van der Waals surface area contributed by atoms with Crippen LogP contribution in [0.5, 0.6) is 11.5 Å². The van der Waals surface area contributed by atoms with Crippen molar-refractivity contribution in [2.24, 2.45) is 0 Å². The van der Waals surface area contributed by atoms with Gasteiger partial charge in [0.05, 0.1) is 10.7 Å². The minimum absolute atomic E-state index is 0.0911. The fourth-order valence-electron chi connectivity index (χ4n) is 1.28. The molecule has 0 unspecified atom stereocenters. The smallest absolute Gasteiger partial charge is 0.165 e. The van der Waals surface area contributed by atoms with Crippen molar-refractivity contribution >= 4 is 33.2 Å². The van der Waals surface area contributed by atoms with Gasteiger partial charge in [-0.25, -0.2) is 4.39 Å². The minimum atomic E-state index is -0.465. The molecule has 2 aromatic rings. The van der Waals surface area contributed by atoms with Crippen LogP contribution in [0.2, 0.25) is 5.02 Å². The second-order valence-corrected chi connectivity index (χ2v) is 4.65. The molecule has 0 heterocycles. The maximum atomic E-state index is 13.5. The van der Waals surface area contributed by atoms with E-state index in [1.165, 1.54) is 12.1 Å². The molecule has 17 heavy (non-hydrogen) atoms. The highest BCUT2D eigenvalue weighted by atomic mass is 79.9. The largest absolute Gasteiger partial charge is 0.452 e. The predicted molar refractivity (Wildman–Crippen MR) is 70.0 cm³/mol. The third-order valence-electron chi connectivity index (χ3n) is 2.13. The van der Waals surface area contributed by atoms with Gasteiger partial charge in [-0.05, 0) is 30.3 Å². The van der Waals surface area contributed by atoms with Gasteiger partial charge in [-0.3, -0.25) is 0 Å². The van der Waals surface area contributed by atoms with Crippen LogP contribution in [0, 0.1) is 5.82 Å². The Labute approximate surface area is 111 Å². The van der Waals surface area contributed by atoms with Crippen molar-refractivity contribution < 1.29 is 9.13 Å². The van der Waals surface area contributed by atoms with Crippen LogP contribution in [0.3, 0.4) is 0 Å². The van der Waals surface area contributed by atoms with E-state index in [2.05, 4.69) is 15.9 Å². The summed E-state index contributed by atoms with van der Waals surface area (Å²) in [5.41, 5.74) is 6.01. The van der Waals surface area contributed by atoms with Crippen molar-refractivity contribution in [3.63, 3.8) is 0 Å². The molecular weight excluding hydrogens is 308 g/mol. The van der Waals surface area contributed by atoms with Gasteiger partial charge in [0.15, 0.2) is 17.3 Å². The quantitative estimate of drug-likeness (QED) is 0.821. The first-order valence-corrected chi connectivity index (χ1v) is 5.92. The molecule has 0 saturated heterocycles. The first kappa shape index (κ1) is 12.2. The molecule has 0 radical (unpaired) electrons. The molecule has 0 aliphatic rings. The molecule has 0 aromatic heterocycles. The highest BCUT2D eigenvalue weighted by Gasteiger charge is 2.09. The second-order valence-electron chi connectivity index (χ2n) is 3.33. The van der Waals surface area contributed by atoms with Gasteiger partial charge in [0, 0.05) is 4.47 Å². The molecule has 0 aliphatic heterocycles. The number of para-hydroxylation sites is 1. The zero-order valence-corrected chi connectivity index (χ0v) is 10.9. The molecule has 0 amide bonds. The van der Waals surface area contributed by atoms with Crippen LogP contribution in [-0.2, 0) is 0 Å². The summed E-state index contributed by atoms with van der Waals surface area (Å²) in [4.78, 5) is 0. The Kier molecular flexibility index (Phi) is 3.54. The Morgan fingerprint density at radius 3 is 2.71 bits per heavy atom. The molecule has 88 valence electrons. The maximum absolute atomic E-state index is 13.5. The highest BCUT2D eigenvalue weighted by Crippen LogP contribution is 2.34. The summed E-state index contributed by atoms with van der Waals surface area (Å²) in [5, 5.41) is 0.373. The number of nitrogen functional groups attached to an aromatic ring is 1. The Hall–Kier alpha value is -1.26. The molecule has 0 saturated carbocycles. The fraction of sp³-hybridized carbons (Fsp3) is 0. The van der Waals surface area contributed by atoms with E-state index < -0.39 is 5.82 Å². The molecule has 0 spiro atoms. The zero-order chi connectivity index (χ0) is 12.4. The Balaban J connectivity index is 2.38. The van der Waals surface area contributed by atoms with Crippen LogP contribution < -0.4 is 10.5 Å². The summed E-state index contributed by atoms with van der Waals surface area (Å²) in [5.74, 6) is -0.0459. The van der Waals surface area contributed by atoms with Crippen molar-refractivity contribution in [1.82, 2.24) is 0 Å². The van der Waals surface area contributed by atoms with Crippen LogP contribution in [0.1, 0.15) is 0 Å². The van der Waals surface area contributed by atoms with Crippen LogP contribution in [0.4, 0.5) is 10.1 Å². The van der Waals surface area contributed by atoms with Crippen LogP contribution in [0.15, 0.2) is 40.9 Å². The lowest BCUT2D eigenvalue weighted by atomic mass is 10.3. The molecule has 2 aromatic carbocycles. The minimum Gasteiger partial charge on any atom is -0.452 e. The third kappa shape index (κ3) is 2.70. The van der Waals surface area contributed by atoms with Crippen molar-refractivity contribution in [1.29, 1.82) is 0 Å². The Bertz CT molecular complexity index is 562. The van der Waals surface area contributed by atoms with Gasteiger partial charge in [0.2, 0.25) is 0 Å². The third-order valence-corrected chi connectivity index (χ3v) is 2.95. The van der Waals surface area contributed by atoms with Gasteiger partial charge in [-0.15, -0.1) is 0 Å². The van der Waals surface area contributed by atoms with E-state index in [0.717, 1.165) is 4.47 Å². The van der Waals surface area contributed by atoms with Crippen molar-refractivity contribution in [3.8, 4) is 11.5 Å². The Morgan fingerprint density at radius 1 is 1.18 bits per heavy atom. The molecule has 2 N–H and O–H groups in total. The zero-order valence-electron chi connectivity index (χ0n) is 8.58. The second kappa shape index (κ2) is 4.94. The van der Waals surface area contributed by atoms with E-state index in [1.54, 1.807) is 24.3 Å². The lowest BCUT2D eigenvalue weighted by Crippen LogP contribution is -1.94. The molecule has 0 fully saturated rings. The SMILES string of the molecule is Nc1c(Cl)cccc1Oc1cc(Br)ccc1F. The average molecular weight is 317 g/mol. The highest BCUT2D eigenvalue weighted by molar-refractivity contribution is 9.10. The summed E-state index contributed by atoms with van der Waals surface area (Å²) >= 11 is 9.08. The van der Waals surface area contributed by atoms with Crippen LogP contribution >= 0.6 is 27.5 Å². The monoisotopic (exact) mass is 315 g/mol. The van der Waals surface area contributed by atoms with E-state index in [1.807, 2.05) is 0 Å². The van der Waals surface area contributed by atoms with Gasteiger partial charge in [-0.1, -0.05) is 33.6 Å². The maximum Gasteiger partial charge on any atom is 0.165 e. The van der Waals surface area contributed by atoms with Crippen LogP contribution in [0.25, 0.3) is 0 Å². The number of halogens is 3. The van der Waals surface area contributed by atoms with Gasteiger partial charge < -0.3 is 10.5 Å². The molecule has 2 rings (SSSR count). The van der Waals surface area contributed by atoms with Crippen molar-refractivity contribution in [2.45, 2.75) is 0 Å². The first-order valence-electron chi connectivity index (χ1n) is 4.75. The molecular formula is C12H8BrClFNO. The lowest BCUT2D eigenvalue weighted by Gasteiger charge is -2.10. The number of hydrogen-bond donors (Lipinski definition) is 1. The van der Waals surface area contributed by atoms with Gasteiger partial charge in [0.25, 0.3) is 0 Å². The molecule has 0 atom stereocenters. The molecule has 5 heteroatoms. The lowest BCUT2D eigenvalue weighted by molar-refractivity contribution is 0.444. The number of benzene rings is 2. The number of anilines is 1. The summed E-state index contributed by atoms with van der Waals surface area (Å²) in [6, 6.07) is 9.37. The summed E-state index contributed by atoms with van der Waals surface area (Å²) < 4.78 is 19.6. The van der Waals surface area contributed by atoms with E-state index in [4.69, 9.17) is 22.1 Å². The molecule has 0 aliphatic carbocycles. The van der Waals surface area contributed by atoms with E-state index in [9.17, 15) is 4.39 Å². The summed E-state index contributed by atoms with van der Waals surface area (Å²) in [6.07, 6.45) is 0. The number of ether oxygens (including phenoxy) is 1. The van der Waals surface area contributed by atoms with Gasteiger partial charge in [0.1, 0.15) is 0 Å². The number of rotatable bonds is 2. The summed E-state index contributed by atoms with van der Waals surface area (Å²) in [6.45, 7) is 0. The van der Waals surface area contributed by atoms with Crippen LogP contribution in [-0.4, -0.2) is 0 Å². The summed E-state index contributed by atoms with van der Waals surface area (Å²) in [7, 11) is 0. The topological polar surface area (TPSA) is 35.2 Å². The van der Waals surface area contributed by atoms with E-state index in [-0.39, 0.29) is 11.4 Å². The number of nitrogens with two attached hydrogens (primary N) is 1. The molecule has 0 bridgehead atoms. The molecule has 2 nitrogen and oxygen atoms in total. The first-order chi connectivity index (χ1) is 8.08.